The third-order valence-corrected chi connectivity index (χ3v) is 8.03. The van der Waals surface area contributed by atoms with Gasteiger partial charge in [0.1, 0.15) is 29.9 Å². The fourth-order valence-corrected chi connectivity index (χ4v) is 6.26. The number of aliphatic carboxylic acids is 1. The molecule has 1 saturated heterocycles. The highest BCUT2D eigenvalue weighted by molar-refractivity contribution is 8.00. The van der Waals surface area contributed by atoms with Crippen molar-refractivity contribution in [3.05, 3.63) is 58.9 Å². The van der Waals surface area contributed by atoms with Crippen LogP contribution in [0.15, 0.2) is 58.3 Å². The van der Waals surface area contributed by atoms with E-state index in [4.69, 9.17) is 16.3 Å². The first-order valence-electron chi connectivity index (χ1n) is 11.0. The third-order valence-electron chi connectivity index (χ3n) is 6.02. The lowest BCUT2D eigenvalue weighted by molar-refractivity contribution is -0.663. The molecular weight excluding hydrogens is 518 g/mol. The molecule has 14 heteroatoms. The highest BCUT2D eigenvalue weighted by atomic mass is 32.2. The molecule has 0 saturated carbocycles. The molecule has 2 atom stereocenters. The molecule has 0 bridgehead atoms. The van der Waals surface area contributed by atoms with Gasteiger partial charge in [-0.05, 0) is 12.1 Å². The first-order valence-corrected chi connectivity index (χ1v) is 12.9. The Labute approximate surface area is 218 Å². The lowest BCUT2D eigenvalue weighted by atomic mass is 10.0. The number of nitrogens with one attached hydrogen (secondary N) is 1. The number of carboxylic acids is 1. The van der Waals surface area contributed by atoms with Crippen LogP contribution in [0, 0.1) is 0 Å². The summed E-state index contributed by atoms with van der Waals surface area (Å²) in [7, 11) is 1.28. The van der Waals surface area contributed by atoms with Crippen molar-refractivity contribution in [2.75, 3.05) is 24.3 Å². The van der Waals surface area contributed by atoms with E-state index in [0.717, 1.165) is 22.2 Å². The van der Waals surface area contributed by atoms with E-state index >= 15 is 0 Å². The van der Waals surface area contributed by atoms with Crippen LogP contribution in [0.5, 0.6) is 0 Å². The molecule has 5 rings (SSSR count). The maximum atomic E-state index is 13.1. The van der Waals surface area contributed by atoms with E-state index in [0.29, 0.717) is 17.0 Å². The number of carbonyl (C=O) groups is 3. The Balaban J connectivity index is 1.39. The van der Waals surface area contributed by atoms with E-state index in [1.165, 1.54) is 23.8 Å². The molecule has 4 heterocycles. The average molecular weight is 541 g/mol. The molecule has 3 aromatic rings. The highest BCUT2D eigenvalue weighted by Gasteiger charge is 2.54. The second-order valence-corrected chi connectivity index (χ2v) is 10.2. The minimum atomic E-state index is -1.21. The number of hydrogen-bond acceptors (Lipinski definition) is 10. The average Bonchev–Trinajstić information content (AvgIpc) is 3.31. The molecule has 0 spiro atoms. The quantitative estimate of drug-likeness (QED) is 0.109. The smallest absolute Gasteiger partial charge is 0.352 e. The predicted molar refractivity (Wildman–Crippen MR) is 138 cm³/mol. The highest BCUT2D eigenvalue weighted by Crippen LogP contribution is 2.40. The van der Waals surface area contributed by atoms with Crippen LogP contribution >= 0.6 is 23.1 Å². The Morgan fingerprint density at radius 1 is 1.32 bits per heavy atom. The number of rotatable bonds is 7. The van der Waals surface area contributed by atoms with Crippen LogP contribution in [0.2, 0.25) is 0 Å². The number of oxime groups is 1. The summed E-state index contributed by atoms with van der Waals surface area (Å²) in [5.74, 6) is -2.06. The molecule has 6 N–H and O–H groups in total. The Kier molecular flexibility index (Phi) is 6.43. The maximum absolute atomic E-state index is 13.1. The number of amides is 2. The normalized spacial score (nSPS) is 19.4. The van der Waals surface area contributed by atoms with Gasteiger partial charge in [-0.15, -0.1) is 23.1 Å². The van der Waals surface area contributed by atoms with Gasteiger partial charge in [-0.25, -0.2) is 9.78 Å². The van der Waals surface area contributed by atoms with Gasteiger partial charge in [0.15, 0.2) is 23.6 Å². The third kappa shape index (κ3) is 4.34. The molecule has 2 aliphatic heterocycles. The summed E-state index contributed by atoms with van der Waals surface area (Å²) in [5.41, 5.74) is 13.8. The Bertz CT molecular complexity index is 1500. The number of nitrogen functional groups attached to an aromatic ring is 2. The monoisotopic (exact) mass is 540 g/mol. The van der Waals surface area contributed by atoms with Crippen molar-refractivity contribution in [3.63, 3.8) is 0 Å². The Hall–Kier alpha value is -4.17. The zero-order valence-corrected chi connectivity index (χ0v) is 21.1. The molecular formula is C23H22N7O5S2+. The van der Waals surface area contributed by atoms with Crippen molar-refractivity contribution in [2.24, 2.45) is 5.16 Å². The molecule has 0 aliphatic carbocycles. The minimum Gasteiger partial charge on any atom is -0.477 e. The van der Waals surface area contributed by atoms with Crippen molar-refractivity contribution < 1.29 is 28.9 Å². The number of fused-ring (bicyclic) bond motifs is 2. The molecule has 190 valence electrons. The van der Waals surface area contributed by atoms with E-state index in [1.807, 2.05) is 35.0 Å². The van der Waals surface area contributed by atoms with Gasteiger partial charge >= 0.3 is 5.97 Å². The number of anilines is 2. The van der Waals surface area contributed by atoms with E-state index in [-0.39, 0.29) is 28.8 Å². The number of pyridine rings is 1. The van der Waals surface area contributed by atoms with Crippen LogP contribution in [-0.2, 0) is 25.8 Å². The van der Waals surface area contributed by atoms with Crippen LogP contribution in [0.1, 0.15) is 5.69 Å². The molecule has 2 amide bonds. The van der Waals surface area contributed by atoms with E-state index in [9.17, 15) is 19.5 Å². The van der Waals surface area contributed by atoms with Crippen LogP contribution in [0.25, 0.3) is 10.9 Å². The van der Waals surface area contributed by atoms with Crippen molar-refractivity contribution in [2.45, 2.75) is 18.0 Å². The number of carbonyl (C=O) groups excluding carboxylic acids is 2. The van der Waals surface area contributed by atoms with Gasteiger partial charge < -0.3 is 26.7 Å². The van der Waals surface area contributed by atoms with Gasteiger partial charge in [-0.3, -0.25) is 14.5 Å². The molecule has 0 radical (unpaired) electrons. The van der Waals surface area contributed by atoms with Crippen LogP contribution in [-0.4, -0.2) is 62.8 Å². The SMILES string of the molecule is CO/N=C(\C(=O)NC1C(=O)N2C(C(=O)O)=C(C[n+]3cccc4c(N)cccc43)CS[C@H]12)c1csc(N)n1. The maximum Gasteiger partial charge on any atom is 0.352 e. The number of thiazole rings is 1. The second-order valence-electron chi connectivity index (χ2n) is 8.23. The Morgan fingerprint density at radius 2 is 2.14 bits per heavy atom. The summed E-state index contributed by atoms with van der Waals surface area (Å²) in [4.78, 5) is 48.3. The number of β-lactam (4-membered cyclic amide) rings is 1. The van der Waals surface area contributed by atoms with Gasteiger partial charge in [-0.2, -0.15) is 4.57 Å². The van der Waals surface area contributed by atoms with Crippen molar-refractivity contribution in [3.8, 4) is 0 Å². The summed E-state index contributed by atoms with van der Waals surface area (Å²) in [6, 6.07) is 8.34. The Morgan fingerprint density at radius 3 is 2.84 bits per heavy atom. The molecule has 1 fully saturated rings. The molecule has 37 heavy (non-hydrogen) atoms. The van der Waals surface area contributed by atoms with Gasteiger partial charge in [-0.1, -0.05) is 11.2 Å². The van der Waals surface area contributed by atoms with Gasteiger partial charge in [0.05, 0.1) is 5.39 Å². The van der Waals surface area contributed by atoms with Crippen molar-refractivity contribution >= 4 is 68.3 Å². The number of hydrogen-bond donors (Lipinski definition) is 4. The first kappa shape index (κ1) is 24.5. The molecule has 2 aliphatic rings. The van der Waals surface area contributed by atoms with Crippen LogP contribution < -0.4 is 21.4 Å². The van der Waals surface area contributed by atoms with Gasteiger partial charge in [0, 0.05) is 34.5 Å². The summed E-state index contributed by atoms with van der Waals surface area (Å²) in [6.45, 7) is 0.263. The molecule has 12 nitrogen and oxygen atoms in total. The predicted octanol–water partition coefficient (Wildman–Crippen LogP) is 0.538. The summed E-state index contributed by atoms with van der Waals surface area (Å²) in [6.07, 6.45) is 1.84. The zero-order valence-electron chi connectivity index (χ0n) is 19.5. The van der Waals surface area contributed by atoms with Crippen molar-refractivity contribution in [1.82, 2.24) is 15.2 Å². The lowest BCUT2D eigenvalue weighted by Gasteiger charge is -2.49. The second kappa shape index (κ2) is 9.71. The fraction of sp³-hybridized carbons (Fsp3) is 0.217. The zero-order chi connectivity index (χ0) is 26.3. The topological polar surface area (TPSA) is 177 Å². The number of benzene rings is 1. The number of aromatic nitrogens is 2. The largest absolute Gasteiger partial charge is 0.477 e. The molecule has 1 unspecified atom stereocenters. The number of thioether (sulfide) groups is 1. The van der Waals surface area contributed by atoms with Crippen LogP contribution in [0.3, 0.4) is 0 Å². The first-order chi connectivity index (χ1) is 17.8. The molecule has 2 aromatic heterocycles. The van der Waals surface area contributed by atoms with E-state index < -0.39 is 29.2 Å². The van der Waals surface area contributed by atoms with Gasteiger partial charge in [0.25, 0.3) is 11.8 Å². The molecule has 1 aromatic carbocycles. The summed E-state index contributed by atoms with van der Waals surface area (Å²) < 4.78 is 1.90. The van der Waals surface area contributed by atoms with E-state index in [2.05, 4.69) is 15.5 Å². The summed E-state index contributed by atoms with van der Waals surface area (Å²) in [5, 5.41) is 18.5. The van der Waals surface area contributed by atoms with Crippen molar-refractivity contribution in [1.29, 1.82) is 0 Å². The van der Waals surface area contributed by atoms with E-state index in [1.54, 1.807) is 11.4 Å². The number of carboxylic acid groups (broad SMARTS) is 1. The number of nitrogens with zero attached hydrogens (tertiary/aromatic N) is 4. The number of nitrogens with two attached hydrogens (primary N) is 2. The minimum absolute atomic E-state index is 0.0780. The van der Waals surface area contributed by atoms with Crippen LogP contribution in [0.4, 0.5) is 10.8 Å². The lowest BCUT2D eigenvalue weighted by Crippen LogP contribution is -2.71. The summed E-state index contributed by atoms with van der Waals surface area (Å²) >= 11 is 2.51. The van der Waals surface area contributed by atoms with Gasteiger partial charge in [0.2, 0.25) is 5.52 Å². The standard InChI is InChI=1S/C23H21N7O5S2/c1-35-28-16(14-10-37-23(25)26-14)19(31)27-17-20(32)30-18(22(33)34)11(9-36-21(17)30)8-29-7-3-4-12-13(24)5-2-6-15(12)29/h2-7,10,17,21,24H,8-9H2,1H3,(H4,25,26,27,31,33,34)/p+1/b28-16-/t17?,21-/m1/s1. The fourth-order valence-electron chi connectivity index (χ4n) is 4.38.